The summed E-state index contributed by atoms with van der Waals surface area (Å²) in [5.74, 6) is 0.849. The second-order valence-electron chi connectivity index (χ2n) is 3.13. The van der Waals surface area contributed by atoms with Gasteiger partial charge >= 0.3 is 0 Å². The van der Waals surface area contributed by atoms with Crippen LogP contribution in [0.3, 0.4) is 0 Å². The van der Waals surface area contributed by atoms with Gasteiger partial charge in [-0.2, -0.15) is 0 Å². The molecule has 0 bridgehead atoms. The summed E-state index contributed by atoms with van der Waals surface area (Å²) in [5.41, 5.74) is 0.884. The van der Waals surface area contributed by atoms with Crippen LogP contribution < -0.4 is 4.74 Å². The SMILES string of the molecule is ClCc1cnc(OCc2cccs2)c(Cl)c1. The van der Waals surface area contributed by atoms with Gasteiger partial charge in [0.1, 0.15) is 11.6 Å². The van der Waals surface area contributed by atoms with E-state index in [1.54, 1.807) is 23.6 Å². The van der Waals surface area contributed by atoms with Crippen LogP contribution >= 0.6 is 34.5 Å². The number of ether oxygens (including phenoxy) is 1. The zero-order valence-corrected chi connectivity index (χ0v) is 10.6. The molecular weight excluding hydrogens is 265 g/mol. The van der Waals surface area contributed by atoms with Crippen LogP contribution in [0.5, 0.6) is 5.88 Å². The Hall–Kier alpha value is -0.770. The van der Waals surface area contributed by atoms with Crippen molar-refractivity contribution in [1.29, 1.82) is 0 Å². The van der Waals surface area contributed by atoms with Crippen molar-refractivity contribution >= 4 is 34.5 Å². The number of nitrogens with zero attached hydrogens (tertiary/aromatic N) is 1. The summed E-state index contributed by atoms with van der Waals surface area (Å²) in [6.07, 6.45) is 1.67. The largest absolute Gasteiger partial charge is 0.471 e. The Labute approximate surface area is 108 Å². The molecule has 0 fully saturated rings. The lowest BCUT2D eigenvalue weighted by atomic mass is 10.3. The molecule has 0 aliphatic rings. The summed E-state index contributed by atoms with van der Waals surface area (Å²) < 4.78 is 5.50. The van der Waals surface area contributed by atoms with Crippen molar-refractivity contribution < 1.29 is 4.74 Å². The van der Waals surface area contributed by atoms with Crippen molar-refractivity contribution in [2.75, 3.05) is 0 Å². The van der Waals surface area contributed by atoms with Gasteiger partial charge in [0.05, 0.1) is 0 Å². The zero-order valence-electron chi connectivity index (χ0n) is 8.32. The van der Waals surface area contributed by atoms with Crippen molar-refractivity contribution in [3.8, 4) is 5.88 Å². The lowest BCUT2D eigenvalue weighted by Crippen LogP contribution is -1.96. The molecule has 0 spiro atoms. The summed E-state index contributed by atoms with van der Waals surface area (Å²) in [6, 6.07) is 5.76. The molecule has 0 aromatic carbocycles. The molecule has 0 amide bonds. The summed E-state index contributed by atoms with van der Waals surface area (Å²) in [4.78, 5) is 5.25. The summed E-state index contributed by atoms with van der Waals surface area (Å²) >= 11 is 13.3. The minimum atomic E-state index is 0.401. The predicted molar refractivity (Wildman–Crippen MR) is 67.5 cm³/mol. The number of hydrogen-bond acceptors (Lipinski definition) is 3. The Morgan fingerprint density at radius 1 is 1.44 bits per heavy atom. The topological polar surface area (TPSA) is 22.1 Å². The highest BCUT2D eigenvalue weighted by molar-refractivity contribution is 7.09. The highest BCUT2D eigenvalue weighted by Crippen LogP contribution is 2.24. The van der Waals surface area contributed by atoms with E-state index >= 15 is 0 Å². The van der Waals surface area contributed by atoms with Crippen molar-refractivity contribution in [2.24, 2.45) is 0 Å². The maximum absolute atomic E-state index is 6.01. The third-order valence-corrected chi connectivity index (χ3v) is 3.38. The number of aromatic nitrogens is 1. The van der Waals surface area contributed by atoms with Gasteiger partial charge in [0.25, 0.3) is 0 Å². The number of thiophene rings is 1. The maximum atomic E-state index is 6.01. The molecule has 5 heteroatoms. The average Bonchev–Trinajstić information content (AvgIpc) is 2.80. The molecule has 2 nitrogen and oxygen atoms in total. The highest BCUT2D eigenvalue weighted by Gasteiger charge is 2.05. The van der Waals surface area contributed by atoms with Crippen LogP contribution in [0.15, 0.2) is 29.8 Å². The van der Waals surface area contributed by atoms with Gasteiger partial charge in [-0.05, 0) is 23.1 Å². The Kier molecular flexibility index (Phi) is 4.04. The number of alkyl halides is 1. The van der Waals surface area contributed by atoms with Gasteiger partial charge in [0.2, 0.25) is 5.88 Å². The number of rotatable bonds is 4. The van der Waals surface area contributed by atoms with E-state index in [4.69, 9.17) is 27.9 Å². The minimum absolute atomic E-state index is 0.401. The molecule has 2 aromatic heterocycles. The van der Waals surface area contributed by atoms with Gasteiger partial charge in [-0.25, -0.2) is 4.98 Å². The van der Waals surface area contributed by atoms with Crippen LogP contribution in [0.1, 0.15) is 10.4 Å². The van der Waals surface area contributed by atoms with Crippen LogP contribution in [0.25, 0.3) is 0 Å². The lowest BCUT2D eigenvalue weighted by Gasteiger charge is -2.06. The molecule has 84 valence electrons. The second kappa shape index (κ2) is 5.53. The molecule has 0 unspecified atom stereocenters. The molecule has 0 aliphatic heterocycles. The van der Waals surface area contributed by atoms with Crippen LogP contribution in [-0.2, 0) is 12.5 Å². The summed E-state index contributed by atoms with van der Waals surface area (Å²) in [7, 11) is 0. The van der Waals surface area contributed by atoms with E-state index in [1.807, 2.05) is 17.5 Å². The van der Waals surface area contributed by atoms with Crippen molar-refractivity contribution in [1.82, 2.24) is 4.98 Å². The fourth-order valence-corrected chi connectivity index (χ4v) is 2.18. The molecular formula is C11H9Cl2NOS. The first-order valence-corrected chi connectivity index (χ1v) is 6.44. The van der Waals surface area contributed by atoms with Crippen molar-refractivity contribution in [3.63, 3.8) is 0 Å². The fourth-order valence-electron chi connectivity index (χ4n) is 1.18. The zero-order chi connectivity index (χ0) is 11.4. The van der Waals surface area contributed by atoms with E-state index in [0.717, 1.165) is 10.4 Å². The Morgan fingerprint density at radius 3 is 2.94 bits per heavy atom. The predicted octanol–water partition coefficient (Wildman–Crippen LogP) is 4.11. The fraction of sp³-hybridized carbons (Fsp3) is 0.182. The van der Waals surface area contributed by atoms with Gasteiger partial charge in [0, 0.05) is 17.0 Å². The van der Waals surface area contributed by atoms with Crippen LogP contribution in [0.2, 0.25) is 5.02 Å². The summed E-state index contributed by atoms with van der Waals surface area (Å²) in [6.45, 7) is 0.491. The minimum Gasteiger partial charge on any atom is -0.471 e. The van der Waals surface area contributed by atoms with Gasteiger partial charge in [-0.3, -0.25) is 0 Å². The van der Waals surface area contributed by atoms with Crippen LogP contribution in [0.4, 0.5) is 0 Å². The third-order valence-electron chi connectivity index (χ3n) is 1.95. The van der Waals surface area contributed by atoms with E-state index in [-0.39, 0.29) is 0 Å². The molecule has 2 aromatic rings. The van der Waals surface area contributed by atoms with Gasteiger partial charge in [-0.15, -0.1) is 22.9 Å². The Balaban J connectivity index is 2.04. The molecule has 0 N–H and O–H groups in total. The Bertz CT molecular complexity index is 459. The molecule has 16 heavy (non-hydrogen) atoms. The number of hydrogen-bond donors (Lipinski definition) is 0. The average molecular weight is 274 g/mol. The third kappa shape index (κ3) is 2.88. The Morgan fingerprint density at radius 2 is 2.31 bits per heavy atom. The summed E-state index contributed by atoms with van der Waals surface area (Å²) in [5, 5.41) is 2.50. The molecule has 0 radical (unpaired) electrons. The first-order chi connectivity index (χ1) is 7.79. The molecule has 0 aliphatic carbocycles. The molecule has 2 rings (SSSR count). The van der Waals surface area contributed by atoms with E-state index in [9.17, 15) is 0 Å². The van der Waals surface area contributed by atoms with Gasteiger partial charge in [0.15, 0.2) is 0 Å². The quantitative estimate of drug-likeness (QED) is 0.782. The first kappa shape index (κ1) is 11.7. The van der Waals surface area contributed by atoms with E-state index < -0.39 is 0 Å². The van der Waals surface area contributed by atoms with E-state index in [2.05, 4.69) is 4.98 Å². The van der Waals surface area contributed by atoms with E-state index in [1.165, 1.54) is 0 Å². The van der Waals surface area contributed by atoms with Crippen LogP contribution in [0, 0.1) is 0 Å². The maximum Gasteiger partial charge on any atom is 0.232 e. The second-order valence-corrected chi connectivity index (χ2v) is 4.84. The smallest absolute Gasteiger partial charge is 0.232 e. The lowest BCUT2D eigenvalue weighted by molar-refractivity contribution is 0.297. The van der Waals surface area contributed by atoms with Crippen molar-refractivity contribution in [3.05, 3.63) is 45.2 Å². The van der Waals surface area contributed by atoms with E-state index in [0.29, 0.717) is 23.4 Å². The normalized spacial score (nSPS) is 10.4. The van der Waals surface area contributed by atoms with Crippen LogP contribution in [-0.4, -0.2) is 4.98 Å². The highest BCUT2D eigenvalue weighted by atomic mass is 35.5. The van der Waals surface area contributed by atoms with Crippen molar-refractivity contribution in [2.45, 2.75) is 12.5 Å². The number of pyridine rings is 1. The molecule has 2 heterocycles. The van der Waals surface area contributed by atoms with Gasteiger partial charge < -0.3 is 4.74 Å². The molecule has 0 saturated heterocycles. The molecule has 0 atom stereocenters. The standard InChI is InChI=1S/C11H9Cl2NOS/c12-5-8-4-10(13)11(14-6-8)15-7-9-2-1-3-16-9/h1-4,6H,5,7H2. The molecule has 0 saturated carbocycles. The number of halogens is 2. The first-order valence-electron chi connectivity index (χ1n) is 4.65. The van der Waals surface area contributed by atoms with Gasteiger partial charge in [-0.1, -0.05) is 17.7 Å². The monoisotopic (exact) mass is 273 g/mol.